The van der Waals surface area contributed by atoms with Gasteiger partial charge in [0.15, 0.2) is 0 Å². The van der Waals surface area contributed by atoms with Crippen LogP contribution in [0.4, 0.5) is 0 Å². The summed E-state index contributed by atoms with van der Waals surface area (Å²) in [7, 11) is 1.94. The van der Waals surface area contributed by atoms with Crippen molar-refractivity contribution < 1.29 is 0 Å². The normalized spacial score (nSPS) is 12.6. The molecular formula is C12H15N3S. The summed E-state index contributed by atoms with van der Waals surface area (Å²) in [5, 5.41) is 3.26. The van der Waals surface area contributed by atoms with Crippen molar-refractivity contribution >= 4 is 11.7 Å². The van der Waals surface area contributed by atoms with E-state index in [4.69, 9.17) is 0 Å². The van der Waals surface area contributed by atoms with Crippen LogP contribution in [0.2, 0.25) is 0 Å². The molecule has 0 aliphatic carbocycles. The number of hydrogen-bond acceptors (Lipinski definition) is 4. The zero-order valence-electron chi connectivity index (χ0n) is 9.47. The standard InChI is InChI=1S/C12H15N3S/c1-3-9-4-6-10(7-5-9)12(13-2)11-8-14-16-15-11/h4-8,12-13H,3H2,1-2H3. The molecule has 1 aromatic carbocycles. The Morgan fingerprint density at radius 1 is 1.31 bits per heavy atom. The predicted molar refractivity (Wildman–Crippen MR) is 66.6 cm³/mol. The highest BCUT2D eigenvalue weighted by Gasteiger charge is 2.13. The minimum Gasteiger partial charge on any atom is -0.308 e. The van der Waals surface area contributed by atoms with Crippen LogP contribution in [0.1, 0.15) is 29.8 Å². The summed E-state index contributed by atoms with van der Waals surface area (Å²) in [5.74, 6) is 0. The fraction of sp³-hybridized carbons (Fsp3) is 0.333. The first-order valence-corrected chi connectivity index (χ1v) is 6.11. The minimum atomic E-state index is 0.143. The zero-order chi connectivity index (χ0) is 11.4. The van der Waals surface area contributed by atoms with Gasteiger partial charge in [-0.25, -0.2) is 0 Å². The van der Waals surface area contributed by atoms with E-state index in [2.05, 4.69) is 45.3 Å². The quantitative estimate of drug-likeness (QED) is 0.881. The van der Waals surface area contributed by atoms with Crippen molar-refractivity contribution in [2.24, 2.45) is 0 Å². The highest BCUT2D eigenvalue weighted by Crippen LogP contribution is 2.20. The lowest BCUT2D eigenvalue weighted by Gasteiger charge is -2.13. The largest absolute Gasteiger partial charge is 0.308 e. The number of nitrogens with zero attached hydrogens (tertiary/aromatic N) is 2. The number of aromatic nitrogens is 2. The van der Waals surface area contributed by atoms with E-state index >= 15 is 0 Å². The summed E-state index contributed by atoms with van der Waals surface area (Å²) in [4.78, 5) is 0. The zero-order valence-corrected chi connectivity index (χ0v) is 10.3. The average molecular weight is 233 g/mol. The Labute approximate surface area is 99.9 Å². The molecule has 0 aliphatic rings. The maximum atomic E-state index is 4.27. The Morgan fingerprint density at radius 2 is 2.06 bits per heavy atom. The molecule has 0 spiro atoms. The van der Waals surface area contributed by atoms with E-state index in [9.17, 15) is 0 Å². The van der Waals surface area contributed by atoms with Crippen molar-refractivity contribution in [2.75, 3.05) is 7.05 Å². The third-order valence-electron chi connectivity index (χ3n) is 2.68. The topological polar surface area (TPSA) is 37.8 Å². The molecule has 1 atom stereocenters. The van der Waals surface area contributed by atoms with Crippen molar-refractivity contribution in [1.82, 2.24) is 14.1 Å². The Kier molecular flexibility index (Phi) is 3.64. The highest BCUT2D eigenvalue weighted by molar-refractivity contribution is 6.99. The Bertz CT molecular complexity index is 422. The molecule has 0 aliphatic heterocycles. The monoisotopic (exact) mass is 233 g/mol. The Hall–Kier alpha value is -1.26. The maximum absolute atomic E-state index is 4.27. The Morgan fingerprint density at radius 3 is 2.56 bits per heavy atom. The first-order valence-electron chi connectivity index (χ1n) is 5.38. The first kappa shape index (κ1) is 11.2. The molecule has 0 radical (unpaired) electrons. The van der Waals surface area contributed by atoms with Crippen molar-refractivity contribution in [2.45, 2.75) is 19.4 Å². The predicted octanol–water partition coefficient (Wildman–Crippen LogP) is 2.41. The average Bonchev–Trinajstić information content (AvgIpc) is 2.85. The van der Waals surface area contributed by atoms with Crippen LogP contribution in [0.25, 0.3) is 0 Å². The second-order valence-electron chi connectivity index (χ2n) is 3.65. The van der Waals surface area contributed by atoms with Gasteiger partial charge in [0, 0.05) is 0 Å². The molecule has 0 saturated carbocycles. The van der Waals surface area contributed by atoms with Gasteiger partial charge in [-0.3, -0.25) is 0 Å². The van der Waals surface area contributed by atoms with Gasteiger partial charge in [-0.2, -0.15) is 8.75 Å². The molecule has 0 bridgehead atoms. The van der Waals surface area contributed by atoms with Gasteiger partial charge < -0.3 is 5.32 Å². The number of rotatable bonds is 4. The van der Waals surface area contributed by atoms with Crippen molar-refractivity contribution in [3.8, 4) is 0 Å². The van der Waals surface area contributed by atoms with Crippen LogP contribution in [-0.4, -0.2) is 15.8 Å². The molecule has 1 heterocycles. The molecular weight excluding hydrogens is 218 g/mol. The summed E-state index contributed by atoms with van der Waals surface area (Å²) in [6.45, 7) is 2.16. The van der Waals surface area contributed by atoms with Crippen molar-refractivity contribution in [1.29, 1.82) is 0 Å². The smallest absolute Gasteiger partial charge is 0.0957 e. The van der Waals surface area contributed by atoms with Gasteiger partial charge in [-0.05, 0) is 24.6 Å². The number of hydrogen-bond donors (Lipinski definition) is 1. The van der Waals surface area contributed by atoms with Gasteiger partial charge in [0.2, 0.25) is 0 Å². The summed E-state index contributed by atoms with van der Waals surface area (Å²) in [6, 6.07) is 8.78. The molecule has 0 fully saturated rings. The van der Waals surface area contributed by atoms with E-state index in [0.717, 1.165) is 12.1 Å². The van der Waals surface area contributed by atoms with E-state index in [1.54, 1.807) is 0 Å². The molecule has 1 N–H and O–H groups in total. The molecule has 84 valence electrons. The second kappa shape index (κ2) is 5.18. The molecule has 0 saturated heterocycles. The van der Waals surface area contributed by atoms with E-state index in [-0.39, 0.29) is 6.04 Å². The summed E-state index contributed by atoms with van der Waals surface area (Å²) >= 11 is 1.25. The van der Waals surface area contributed by atoms with Crippen LogP contribution in [-0.2, 0) is 6.42 Å². The molecule has 0 amide bonds. The van der Waals surface area contributed by atoms with Crippen LogP contribution in [0.15, 0.2) is 30.5 Å². The van der Waals surface area contributed by atoms with Gasteiger partial charge in [-0.1, -0.05) is 31.2 Å². The second-order valence-corrected chi connectivity index (χ2v) is 4.21. The number of benzene rings is 1. The molecule has 3 nitrogen and oxygen atoms in total. The van der Waals surface area contributed by atoms with Crippen molar-refractivity contribution in [3.05, 3.63) is 47.3 Å². The minimum absolute atomic E-state index is 0.143. The summed E-state index contributed by atoms with van der Waals surface area (Å²) < 4.78 is 8.32. The molecule has 4 heteroatoms. The summed E-state index contributed by atoms with van der Waals surface area (Å²) in [6.07, 6.45) is 2.89. The van der Waals surface area contributed by atoms with Crippen LogP contribution in [0.3, 0.4) is 0 Å². The first-order chi connectivity index (χ1) is 7.85. The van der Waals surface area contributed by atoms with Crippen LogP contribution in [0, 0.1) is 0 Å². The molecule has 2 aromatic rings. The molecule has 1 unspecified atom stereocenters. The molecule has 16 heavy (non-hydrogen) atoms. The fourth-order valence-corrected chi connectivity index (χ4v) is 2.18. The fourth-order valence-electron chi connectivity index (χ4n) is 1.73. The van der Waals surface area contributed by atoms with Crippen LogP contribution < -0.4 is 5.32 Å². The van der Waals surface area contributed by atoms with E-state index in [0.29, 0.717) is 0 Å². The van der Waals surface area contributed by atoms with Gasteiger partial charge in [0.1, 0.15) is 0 Å². The van der Waals surface area contributed by atoms with E-state index in [1.165, 1.54) is 22.9 Å². The molecule has 2 rings (SSSR count). The maximum Gasteiger partial charge on any atom is 0.0957 e. The Balaban J connectivity index is 2.27. The third kappa shape index (κ3) is 2.28. The van der Waals surface area contributed by atoms with Crippen molar-refractivity contribution in [3.63, 3.8) is 0 Å². The van der Waals surface area contributed by atoms with Gasteiger partial charge >= 0.3 is 0 Å². The van der Waals surface area contributed by atoms with Crippen LogP contribution >= 0.6 is 11.7 Å². The van der Waals surface area contributed by atoms with Crippen LogP contribution in [0.5, 0.6) is 0 Å². The summed E-state index contributed by atoms with van der Waals surface area (Å²) in [5.41, 5.74) is 3.57. The lowest BCUT2D eigenvalue weighted by molar-refractivity contribution is 0.677. The number of aryl methyl sites for hydroxylation is 1. The lowest BCUT2D eigenvalue weighted by atomic mass is 10.0. The lowest BCUT2D eigenvalue weighted by Crippen LogP contribution is -2.17. The highest BCUT2D eigenvalue weighted by atomic mass is 32.1. The molecule has 1 aromatic heterocycles. The SMILES string of the molecule is CCc1ccc(C(NC)c2cnsn2)cc1. The van der Waals surface area contributed by atoms with E-state index in [1.807, 2.05) is 13.2 Å². The third-order valence-corrected chi connectivity index (χ3v) is 3.18. The van der Waals surface area contributed by atoms with Gasteiger partial charge in [0.25, 0.3) is 0 Å². The number of nitrogens with one attached hydrogen (secondary N) is 1. The van der Waals surface area contributed by atoms with E-state index < -0.39 is 0 Å². The van der Waals surface area contributed by atoms with Gasteiger partial charge in [0.05, 0.1) is 29.7 Å². The van der Waals surface area contributed by atoms with Gasteiger partial charge in [-0.15, -0.1) is 0 Å².